The fourth-order valence-corrected chi connectivity index (χ4v) is 2.18. The third kappa shape index (κ3) is 3.17. The first kappa shape index (κ1) is 14.5. The number of amides is 1. The Labute approximate surface area is 123 Å². The van der Waals surface area contributed by atoms with Gasteiger partial charge in [0.25, 0.3) is 0 Å². The zero-order chi connectivity index (χ0) is 14.7. The van der Waals surface area contributed by atoms with Crippen molar-refractivity contribution in [1.29, 1.82) is 0 Å². The lowest BCUT2D eigenvalue weighted by molar-refractivity contribution is -0.122. The van der Waals surface area contributed by atoms with Gasteiger partial charge in [0, 0.05) is 23.3 Å². The van der Waals surface area contributed by atoms with E-state index in [0.29, 0.717) is 11.5 Å². The molecule has 0 aliphatic heterocycles. The van der Waals surface area contributed by atoms with E-state index in [4.69, 9.17) is 18.0 Å². The van der Waals surface area contributed by atoms with Gasteiger partial charge in [0.15, 0.2) is 0 Å². The highest BCUT2D eigenvalue weighted by Gasteiger charge is 2.09. The van der Waals surface area contributed by atoms with Crippen LogP contribution in [0.2, 0.25) is 0 Å². The van der Waals surface area contributed by atoms with Crippen LogP contribution in [-0.4, -0.2) is 21.5 Å². The Bertz CT molecular complexity index is 648. The third-order valence-corrected chi connectivity index (χ3v) is 3.63. The average Bonchev–Trinajstić information content (AvgIpc) is 2.80. The van der Waals surface area contributed by atoms with Crippen molar-refractivity contribution >= 4 is 34.0 Å². The van der Waals surface area contributed by atoms with Crippen LogP contribution in [0, 0.1) is 0 Å². The first-order valence-electron chi connectivity index (χ1n) is 6.69. The van der Waals surface area contributed by atoms with E-state index in [1.54, 1.807) is 0 Å². The van der Waals surface area contributed by atoms with Gasteiger partial charge < -0.3 is 15.6 Å². The second-order valence-corrected chi connectivity index (χ2v) is 5.40. The number of nitrogens with zero attached hydrogens (tertiary/aromatic N) is 1. The molecule has 20 heavy (non-hydrogen) atoms. The second kappa shape index (κ2) is 6.05. The number of carbonyl (C=O) groups excluding carboxylic acids is 1. The zero-order valence-electron chi connectivity index (χ0n) is 11.7. The SMILES string of the molecule is CCC(C)NC(=O)Cn1ccc2ccc(C(N)=S)cc21. The van der Waals surface area contributed by atoms with Gasteiger partial charge in [-0.25, -0.2) is 0 Å². The fourth-order valence-electron chi connectivity index (χ4n) is 2.05. The Balaban J connectivity index is 2.24. The van der Waals surface area contributed by atoms with Gasteiger partial charge in [0.05, 0.1) is 0 Å². The van der Waals surface area contributed by atoms with E-state index in [1.807, 2.05) is 48.9 Å². The normalized spacial score (nSPS) is 12.3. The van der Waals surface area contributed by atoms with Crippen LogP contribution < -0.4 is 11.1 Å². The van der Waals surface area contributed by atoms with Crippen LogP contribution in [0.5, 0.6) is 0 Å². The van der Waals surface area contributed by atoms with Crippen molar-refractivity contribution in [2.75, 3.05) is 0 Å². The number of benzene rings is 1. The molecule has 0 radical (unpaired) electrons. The standard InChI is InChI=1S/C15H19N3OS/c1-3-10(2)17-14(19)9-18-7-6-11-4-5-12(15(16)20)8-13(11)18/h4-8,10H,3,9H2,1-2H3,(H2,16,20)(H,17,19). The fraction of sp³-hybridized carbons (Fsp3) is 0.333. The molecular formula is C15H19N3OS. The van der Waals surface area contributed by atoms with Crippen molar-refractivity contribution in [3.05, 3.63) is 36.0 Å². The monoisotopic (exact) mass is 289 g/mol. The number of hydrogen-bond donors (Lipinski definition) is 2. The van der Waals surface area contributed by atoms with E-state index >= 15 is 0 Å². The highest BCUT2D eigenvalue weighted by atomic mass is 32.1. The molecule has 0 bridgehead atoms. The number of hydrogen-bond acceptors (Lipinski definition) is 2. The Morgan fingerprint density at radius 1 is 1.45 bits per heavy atom. The molecule has 0 aliphatic carbocycles. The molecule has 0 saturated heterocycles. The van der Waals surface area contributed by atoms with Crippen LogP contribution in [-0.2, 0) is 11.3 Å². The van der Waals surface area contributed by atoms with Gasteiger partial charge in [0.2, 0.25) is 5.91 Å². The van der Waals surface area contributed by atoms with Crippen LogP contribution in [0.4, 0.5) is 0 Å². The van der Waals surface area contributed by atoms with Crippen molar-refractivity contribution in [1.82, 2.24) is 9.88 Å². The maximum absolute atomic E-state index is 12.0. The summed E-state index contributed by atoms with van der Waals surface area (Å²) >= 11 is 4.99. The van der Waals surface area contributed by atoms with E-state index in [0.717, 1.165) is 22.9 Å². The molecule has 1 atom stereocenters. The predicted octanol–water partition coefficient (Wildman–Crippen LogP) is 2.19. The molecule has 0 spiro atoms. The molecule has 0 fully saturated rings. The molecule has 5 heteroatoms. The predicted molar refractivity (Wildman–Crippen MR) is 85.7 cm³/mol. The first-order chi connectivity index (χ1) is 9.51. The average molecular weight is 289 g/mol. The van der Waals surface area contributed by atoms with Crippen LogP contribution >= 0.6 is 12.2 Å². The smallest absolute Gasteiger partial charge is 0.240 e. The minimum Gasteiger partial charge on any atom is -0.389 e. The van der Waals surface area contributed by atoms with E-state index in [2.05, 4.69) is 5.32 Å². The molecule has 1 aromatic carbocycles. The summed E-state index contributed by atoms with van der Waals surface area (Å²) in [6.07, 6.45) is 2.83. The van der Waals surface area contributed by atoms with Gasteiger partial charge in [-0.05, 0) is 30.9 Å². The molecule has 1 heterocycles. The molecule has 1 aromatic heterocycles. The number of thiocarbonyl (C=S) groups is 1. The van der Waals surface area contributed by atoms with Gasteiger partial charge >= 0.3 is 0 Å². The van der Waals surface area contributed by atoms with Crippen molar-refractivity contribution in [2.24, 2.45) is 5.73 Å². The maximum atomic E-state index is 12.0. The number of nitrogens with one attached hydrogen (secondary N) is 1. The Hall–Kier alpha value is -1.88. The summed E-state index contributed by atoms with van der Waals surface area (Å²) in [4.78, 5) is 12.3. The summed E-state index contributed by atoms with van der Waals surface area (Å²) in [6.45, 7) is 4.34. The Morgan fingerprint density at radius 2 is 2.20 bits per heavy atom. The van der Waals surface area contributed by atoms with Crippen molar-refractivity contribution in [3.63, 3.8) is 0 Å². The van der Waals surface area contributed by atoms with Crippen molar-refractivity contribution in [2.45, 2.75) is 32.9 Å². The van der Waals surface area contributed by atoms with Gasteiger partial charge in [0.1, 0.15) is 11.5 Å². The summed E-state index contributed by atoms with van der Waals surface area (Å²) in [6, 6.07) is 7.96. The Kier molecular flexibility index (Phi) is 4.39. The van der Waals surface area contributed by atoms with E-state index in [-0.39, 0.29) is 11.9 Å². The zero-order valence-corrected chi connectivity index (χ0v) is 12.5. The second-order valence-electron chi connectivity index (χ2n) is 4.96. The third-order valence-electron chi connectivity index (χ3n) is 3.39. The summed E-state index contributed by atoms with van der Waals surface area (Å²) in [7, 11) is 0. The topological polar surface area (TPSA) is 60.0 Å². The highest BCUT2D eigenvalue weighted by Crippen LogP contribution is 2.17. The largest absolute Gasteiger partial charge is 0.389 e. The number of aromatic nitrogens is 1. The van der Waals surface area contributed by atoms with Gasteiger partial charge in [-0.2, -0.15) is 0 Å². The van der Waals surface area contributed by atoms with Crippen LogP contribution in [0.25, 0.3) is 10.9 Å². The molecule has 106 valence electrons. The number of rotatable bonds is 5. The van der Waals surface area contributed by atoms with Gasteiger partial charge in [-0.15, -0.1) is 0 Å². The van der Waals surface area contributed by atoms with Crippen LogP contribution in [0.15, 0.2) is 30.5 Å². The molecule has 4 nitrogen and oxygen atoms in total. The first-order valence-corrected chi connectivity index (χ1v) is 7.10. The number of nitrogens with two attached hydrogens (primary N) is 1. The van der Waals surface area contributed by atoms with Crippen molar-refractivity contribution in [3.8, 4) is 0 Å². The van der Waals surface area contributed by atoms with E-state index < -0.39 is 0 Å². The Morgan fingerprint density at radius 3 is 2.85 bits per heavy atom. The van der Waals surface area contributed by atoms with Gasteiger partial charge in [-0.1, -0.05) is 31.3 Å². The van der Waals surface area contributed by atoms with E-state index in [9.17, 15) is 4.79 Å². The molecular weight excluding hydrogens is 270 g/mol. The summed E-state index contributed by atoms with van der Waals surface area (Å²) in [5.41, 5.74) is 7.43. The summed E-state index contributed by atoms with van der Waals surface area (Å²) < 4.78 is 1.91. The molecule has 1 unspecified atom stereocenters. The lowest BCUT2D eigenvalue weighted by Crippen LogP contribution is -2.34. The lowest BCUT2D eigenvalue weighted by Gasteiger charge is -2.12. The lowest BCUT2D eigenvalue weighted by atomic mass is 10.1. The molecule has 0 saturated carbocycles. The quantitative estimate of drug-likeness (QED) is 0.830. The molecule has 1 amide bonds. The van der Waals surface area contributed by atoms with E-state index in [1.165, 1.54) is 0 Å². The minimum absolute atomic E-state index is 0.0116. The molecule has 3 N–H and O–H groups in total. The molecule has 0 aliphatic rings. The van der Waals surface area contributed by atoms with Crippen LogP contribution in [0.1, 0.15) is 25.8 Å². The van der Waals surface area contributed by atoms with Crippen LogP contribution in [0.3, 0.4) is 0 Å². The van der Waals surface area contributed by atoms with Crippen molar-refractivity contribution < 1.29 is 4.79 Å². The molecule has 2 rings (SSSR count). The number of fused-ring (bicyclic) bond motifs is 1. The summed E-state index contributed by atoms with van der Waals surface area (Å²) in [5.74, 6) is 0.0116. The maximum Gasteiger partial charge on any atom is 0.240 e. The van der Waals surface area contributed by atoms with Gasteiger partial charge in [-0.3, -0.25) is 4.79 Å². The highest BCUT2D eigenvalue weighted by molar-refractivity contribution is 7.80. The summed E-state index contributed by atoms with van der Waals surface area (Å²) in [5, 5.41) is 4.03. The number of carbonyl (C=O) groups is 1. The minimum atomic E-state index is 0.0116. The molecule has 2 aromatic rings.